The molecular weight excluding hydrogens is 492 g/mol. The Morgan fingerprint density at radius 1 is 0.946 bits per heavy atom. The Balaban J connectivity index is 1.45. The minimum Gasteiger partial charge on any atom is -0.495 e. The van der Waals surface area contributed by atoms with Gasteiger partial charge in [-0.3, -0.25) is 19.3 Å². The van der Waals surface area contributed by atoms with Gasteiger partial charge in [-0.1, -0.05) is 48.5 Å². The summed E-state index contributed by atoms with van der Waals surface area (Å²) in [5.74, 6) is 0.539. The van der Waals surface area contributed by atoms with E-state index in [4.69, 9.17) is 14.2 Å². The van der Waals surface area contributed by atoms with Crippen molar-refractivity contribution in [2.75, 3.05) is 25.6 Å². The molecule has 0 aliphatic carbocycles. The first-order valence-corrected chi connectivity index (χ1v) is 12.4. The second-order valence-corrected chi connectivity index (χ2v) is 8.92. The molecule has 190 valence electrons. The molecule has 3 aromatic carbocycles. The molecule has 0 unspecified atom stereocenters. The molecule has 0 saturated carbocycles. The lowest BCUT2D eigenvalue weighted by molar-refractivity contribution is -0.127. The van der Waals surface area contributed by atoms with E-state index < -0.39 is 23.6 Å². The number of benzene rings is 3. The molecular formula is C28H26N2O6S. The van der Waals surface area contributed by atoms with Gasteiger partial charge in [0.25, 0.3) is 11.1 Å². The third-order valence-corrected chi connectivity index (χ3v) is 6.27. The summed E-state index contributed by atoms with van der Waals surface area (Å²) < 4.78 is 16.9. The van der Waals surface area contributed by atoms with Crippen LogP contribution in [0.15, 0.2) is 77.7 Å². The molecule has 0 aromatic heterocycles. The molecule has 8 nitrogen and oxygen atoms in total. The van der Waals surface area contributed by atoms with Crippen molar-refractivity contribution in [3.63, 3.8) is 0 Å². The van der Waals surface area contributed by atoms with Gasteiger partial charge in [-0.05, 0) is 60.2 Å². The average Bonchev–Trinajstić information content (AvgIpc) is 3.16. The van der Waals surface area contributed by atoms with Gasteiger partial charge in [0.1, 0.15) is 18.9 Å². The Labute approximate surface area is 219 Å². The van der Waals surface area contributed by atoms with E-state index in [0.29, 0.717) is 41.7 Å². The first-order chi connectivity index (χ1) is 18.0. The van der Waals surface area contributed by atoms with Crippen molar-refractivity contribution >= 4 is 40.6 Å². The zero-order valence-electron chi connectivity index (χ0n) is 20.4. The molecule has 1 heterocycles. The molecule has 1 saturated heterocycles. The second-order valence-electron chi connectivity index (χ2n) is 7.93. The molecule has 3 aromatic rings. The summed E-state index contributed by atoms with van der Waals surface area (Å²) in [4.78, 5) is 39.1. The first-order valence-electron chi connectivity index (χ1n) is 11.6. The Morgan fingerprint density at radius 3 is 2.46 bits per heavy atom. The Morgan fingerprint density at radius 2 is 1.70 bits per heavy atom. The molecule has 1 N–H and O–H groups in total. The standard InChI is InChI=1S/C28H26N2O6S/c1-3-35-24-15-20(13-14-23(24)36-18-19-9-5-4-6-10-19)16-25-27(32)30(28(33)37-25)17-26(31)29-21-11-7-8-12-22(21)34-2/h4-16H,3,17-18H2,1-2H3,(H,29,31)/b25-16+. The van der Waals surface area contributed by atoms with Crippen LogP contribution in [0.3, 0.4) is 0 Å². The molecule has 0 atom stereocenters. The molecule has 1 aliphatic rings. The van der Waals surface area contributed by atoms with Gasteiger partial charge in [0, 0.05) is 0 Å². The smallest absolute Gasteiger partial charge is 0.294 e. The number of nitrogens with one attached hydrogen (secondary N) is 1. The van der Waals surface area contributed by atoms with Gasteiger partial charge < -0.3 is 19.5 Å². The molecule has 3 amide bonds. The number of amides is 3. The van der Waals surface area contributed by atoms with Crippen LogP contribution in [0.4, 0.5) is 10.5 Å². The highest BCUT2D eigenvalue weighted by Crippen LogP contribution is 2.35. The van der Waals surface area contributed by atoms with Crippen LogP contribution in [0.2, 0.25) is 0 Å². The summed E-state index contributed by atoms with van der Waals surface area (Å²) in [5, 5.41) is 2.16. The molecule has 1 aliphatic heterocycles. The van der Waals surface area contributed by atoms with E-state index in [2.05, 4.69) is 5.32 Å². The van der Waals surface area contributed by atoms with Crippen LogP contribution in [0.5, 0.6) is 17.2 Å². The van der Waals surface area contributed by atoms with Crippen LogP contribution < -0.4 is 19.5 Å². The molecule has 0 spiro atoms. The SMILES string of the molecule is CCOc1cc(/C=C2/SC(=O)N(CC(=O)Nc3ccccc3OC)C2=O)ccc1OCc1ccccc1. The highest BCUT2D eigenvalue weighted by atomic mass is 32.2. The van der Waals surface area contributed by atoms with Crippen LogP contribution in [0.1, 0.15) is 18.1 Å². The van der Waals surface area contributed by atoms with Crippen LogP contribution in [0.25, 0.3) is 6.08 Å². The third-order valence-electron chi connectivity index (χ3n) is 5.36. The number of carbonyl (C=O) groups excluding carboxylic acids is 3. The highest BCUT2D eigenvalue weighted by molar-refractivity contribution is 8.18. The number of ether oxygens (including phenoxy) is 3. The predicted molar refractivity (Wildman–Crippen MR) is 143 cm³/mol. The zero-order chi connectivity index (χ0) is 26.2. The minimum atomic E-state index is -0.535. The van der Waals surface area contributed by atoms with Gasteiger partial charge in [-0.25, -0.2) is 0 Å². The maximum atomic E-state index is 12.9. The Bertz CT molecular complexity index is 1330. The van der Waals surface area contributed by atoms with E-state index in [0.717, 1.165) is 22.2 Å². The summed E-state index contributed by atoms with van der Waals surface area (Å²) in [5.41, 5.74) is 2.15. The fraction of sp³-hybridized carbons (Fsp3) is 0.179. The van der Waals surface area contributed by atoms with Crippen molar-refractivity contribution in [3.8, 4) is 17.2 Å². The predicted octanol–water partition coefficient (Wildman–Crippen LogP) is 5.35. The van der Waals surface area contributed by atoms with E-state index in [1.165, 1.54) is 7.11 Å². The van der Waals surface area contributed by atoms with Crippen molar-refractivity contribution in [2.24, 2.45) is 0 Å². The number of para-hydroxylation sites is 2. The average molecular weight is 519 g/mol. The monoisotopic (exact) mass is 518 g/mol. The van der Waals surface area contributed by atoms with Crippen molar-refractivity contribution in [2.45, 2.75) is 13.5 Å². The lowest BCUT2D eigenvalue weighted by Crippen LogP contribution is -2.36. The lowest BCUT2D eigenvalue weighted by atomic mass is 10.1. The molecule has 0 radical (unpaired) electrons. The summed E-state index contributed by atoms with van der Waals surface area (Å²) >= 11 is 0.785. The molecule has 0 bridgehead atoms. The fourth-order valence-corrected chi connectivity index (χ4v) is 4.44. The summed E-state index contributed by atoms with van der Waals surface area (Å²) in [6.45, 7) is 2.28. The molecule has 9 heteroatoms. The number of hydrogen-bond acceptors (Lipinski definition) is 7. The van der Waals surface area contributed by atoms with Gasteiger partial charge >= 0.3 is 0 Å². The van der Waals surface area contributed by atoms with Crippen molar-refractivity contribution in [1.29, 1.82) is 0 Å². The number of hydrogen-bond donors (Lipinski definition) is 1. The number of thioether (sulfide) groups is 1. The molecule has 4 rings (SSSR count). The van der Waals surface area contributed by atoms with E-state index in [1.54, 1.807) is 48.5 Å². The van der Waals surface area contributed by atoms with E-state index in [-0.39, 0.29) is 4.91 Å². The Kier molecular flexibility index (Phi) is 8.48. The van der Waals surface area contributed by atoms with E-state index >= 15 is 0 Å². The Hall–Kier alpha value is -4.24. The lowest BCUT2D eigenvalue weighted by Gasteiger charge is -2.14. The van der Waals surface area contributed by atoms with Gasteiger partial charge in [0.05, 0.1) is 24.3 Å². The second kappa shape index (κ2) is 12.1. The van der Waals surface area contributed by atoms with Gasteiger partial charge in [-0.15, -0.1) is 0 Å². The topological polar surface area (TPSA) is 94.2 Å². The highest BCUT2D eigenvalue weighted by Gasteiger charge is 2.36. The van der Waals surface area contributed by atoms with Crippen molar-refractivity contribution in [1.82, 2.24) is 4.90 Å². The molecule has 37 heavy (non-hydrogen) atoms. The van der Waals surface area contributed by atoms with Crippen LogP contribution in [-0.4, -0.2) is 42.2 Å². The summed E-state index contributed by atoms with van der Waals surface area (Å²) in [7, 11) is 1.49. The van der Waals surface area contributed by atoms with Crippen LogP contribution in [0, 0.1) is 0 Å². The van der Waals surface area contributed by atoms with E-state index in [1.807, 2.05) is 37.3 Å². The van der Waals surface area contributed by atoms with Gasteiger partial charge in [0.15, 0.2) is 11.5 Å². The number of carbonyl (C=O) groups is 3. The maximum absolute atomic E-state index is 12.9. The third kappa shape index (κ3) is 6.50. The van der Waals surface area contributed by atoms with Crippen LogP contribution >= 0.6 is 11.8 Å². The van der Waals surface area contributed by atoms with Gasteiger partial charge in [-0.2, -0.15) is 0 Å². The normalized spacial score (nSPS) is 14.1. The quantitative estimate of drug-likeness (QED) is 0.362. The number of nitrogens with zero attached hydrogens (tertiary/aromatic N) is 1. The number of rotatable bonds is 10. The summed E-state index contributed by atoms with van der Waals surface area (Å²) in [6.07, 6.45) is 1.60. The van der Waals surface area contributed by atoms with Crippen LogP contribution in [-0.2, 0) is 16.2 Å². The zero-order valence-corrected chi connectivity index (χ0v) is 21.2. The number of methoxy groups -OCH3 is 1. The maximum Gasteiger partial charge on any atom is 0.294 e. The van der Waals surface area contributed by atoms with Crippen molar-refractivity contribution < 1.29 is 28.6 Å². The van der Waals surface area contributed by atoms with Gasteiger partial charge in [0.2, 0.25) is 5.91 Å². The fourth-order valence-electron chi connectivity index (χ4n) is 3.61. The van der Waals surface area contributed by atoms with Crippen molar-refractivity contribution in [3.05, 3.63) is 88.8 Å². The largest absolute Gasteiger partial charge is 0.495 e. The first kappa shape index (κ1) is 25.8. The summed E-state index contributed by atoms with van der Waals surface area (Å²) in [6, 6.07) is 22.0. The number of anilines is 1. The minimum absolute atomic E-state index is 0.218. The van der Waals surface area contributed by atoms with E-state index in [9.17, 15) is 14.4 Å². The number of imide groups is 1. The molecule has 1 fully saturated rings.